The average Bonchev–Trinajstić information content (AvgIpc) is 2.88. The smallest absolute Gasteiger partial charge is 0.248 e. The van der Waals surface area contributed by atoms with Crippen molar-refractivity contribution in [2.75, 3.05) is 17.6 Å². The van der Waals surface area contributed by atoms with Gasteiger partial charge < -0.3 is 21.5 Å². The Labute approximate surface area is 122 Å². The second-order valence-corrected chi connectivity index (χ2v) is 5.10. The van der Waals surface area contributed by atoms with Gasteiger partial charge in [0.2, 0.25) is 5.91 Å². The zero-order valence-electron chi connectivity index (χ0n) is 11.5. The highest BCUT2D eigenvalue weighted by atomic mass is 16.5. The van der Waals surface area contributed by atoms with Crippen LogP contribution in [0.3, 0.4) is 0 Å². The van der Waals surface area contributed by atoms with Crippen molar-refractivity contribution < 1.29 is 9.53 Å². The molecule has 0 radical (unpaired) electrons. The summed E-state index contributed by atoms with van der Waals surface area (Å²) in [7, 11) is 0. The molecule has 0 aromatic heterocycles. The van der Waals surface area contributed by atoms with Crippen molar-refractivity contribution in [3.63, 3.8) is 0 Å². The number of para-hydroxylation sites is 1. The van der Waals surface area contributed by atoms with E-state index in [2.05, 4.69) is 11.4 Å². The van der Waals surface area contributed by atoms with E-state index in [1.165, 1.54) is 5.56 Å². The normalized spacial score (nSPS) is 16.1. The zero-order chi connectivity index (χ0) is 14.8. The molecule has 1 aliphatic heterocycles. The molecule has 0 bridgehead atoms. The number of ether oxygens (including phenoxy) is 1. The minimum atomic E-state index is -0.483. The lowest BCUT2D eigenvalue weighted by Gasteiger charge is -2.14. The fourth-order valence-corrected chi connectivity index (χ4v) is 2.47. The van der Waals surface area contributed by atoms with Crippen LogP contribution in [-0.4, -0.2) is 18.6 Å². The number of nitrogens with one attached hydrogen (secondary N) is 1. The number of hydrogen-bond acceptors (Lipinski definition) is 4. The molecule has 1 amide bonds. The highest BCUT2D eigenvalue weighted by Crippen LogP contribution is 2.28. The molecule has 5 N–H and O–H groups in total. The number of benzene rings is 2. The van der Waals surface area contributed by atoms with E-state index in [0.717, 1.165) is 17.9 Å². The number of primary amides is 1. The molecule has 5 heteroatoms. The third-order valence-electron chi connectivity index (χ3n) is 3.57. The van der Waals surface area contributed by atoms with Crippen LogP contribution in [0.1, 0.15) is 15.9 Å². The Kier molecular flexibility index (Phi) is 3.39. The van der Waals surface area contributed by atoms with Gasteiger partial charge in [-0.3, -0.25) is 4.79 Å². The van der Waals surface area contributed by atoms with Crippen LogP contribution in [-0.2, 0) is 6.42 Å². The summed E-state index contributed by atoms with van der Waals surface area (Å²) in [5.74, 6) is 0.462. The predicted octanol–water partition coefficient (Wildman–Crippen LogP) is 1.78. The van der Waals surface area contributed by atoms with Crippen molar-refractivity contribution in [2.45, 2.75) is 12.5 Å². The van der Waals surface area contributed by atoms with Gasteiger partial charge in [-0.25, -0.2) is 0 Å². The maximum Gasteiger partial charge on any atom is 0.248 e. The Morgan fingerprint density at radius 2 is 2.10 bits per heavy atom. The average molecular weight is 283 g/mol. The van der Waals surface area contributed by atoms with Gasteiger partial charge in [0.05, 0.1) is 17.9 Å². The second kappa shape index (κ2) is 5.36. The standard InChI is InChI=1S/C16H17N3O2/c17-13-8-11(16(18)20)5-6-14(13)19-9-12-7-10-3-1-2-4-15(10)21-12/h1-6,8,12,19H,7,9,17H2,(H2,18,20). The summed E-state index contributed by atoms with van der Waals surface area (Å²) in [6, 6.07) is 13.0. The van der Waals surface area contributed by atoms with Crippen LogP contribution in [0, 0.1) is 0 Å². The SMILES string of the molecule is NC(=O)c1ccc(NCC2Cc3ccccc3O2)c(N)c1. The summed E-state index contributed by atoms with van der Waals surface area (Å²) in [4.78, 5) is 11.1. The molecule has 1 unspecified atom stereocenters. The lowest BCUT2D eigenvalue weighted by atomic mass is 10.1. The molecule has 1 heterocycles. The molecule has 0 saturated heterocycles. The number of amides is 1. The van der Waals surface area contributed by atoms with Crippen LogP contribution in [0.2, 0.25) is 0 Å². The van der Waals surface area contributed by atoms with Gasteiger partial charge in [0.1, 0.15) is 11.9 Å². The number of carbonyl (C=O) groups is 1. The maximum atomic E-state index is 11.1. The number of hydrogen-bond donors (Lipinski definition) is 3. The van der Waals surface area contributed by atoms with Gasteiger partial charge in [-0.15, -0.1) is 0 Å². The highest BCUT2D eigenvalue weighted by Gasteiger charge is 2.22. The van der Waals surface area contributed by atoms with Crippen molar-refractivity contribution >= 4 is 17.3 Å². The quantitative estimate of drug-likeness (QED) is 0.746. The van der Waals surface area contributed by atoms with E-state index in [1.54, 1.807) is 18.2 Å². The fourth-order valence-electron chi connectivity index (χ4n) is 2.47. The van der Waals surface area contributed by atoms with Crippen LogP contribution in [0.25, 0.3) is 0 Å². The number of anilines is 2. The van der Waals surface area contributed by atoms with Crippen LogP contribution >= 0.6 is 0 Å². The molecule has 21 heavy (non-hydrogen) atoms. The van der Waals surface area contributed by atoms with Crippen molar-refractivity contribution in [1.29, 1.82) is 0 Å². The first-order valence-corrected chi connectivity index (χ1v) is 6.81. The molecule has 2 aromatic carbocycles. The second-order valence-electron chi connectivity index (χ2n) is 5.10. The molecule has 0 fully saturated rings. The van der Waals surface area contributed by atoms with Crippen molar-refractivity contribution in [3.05, 3.63) is 53.6 Å². The molecule has 2 aromatic rings. The highest BCUT2D eigenvalue weighted by molar-refractivity contribution is 5.94. The molecule has 1 atom stereocenters. The summed E-state index contributed by atoms with van der Waals surface area (Å²) >= 11 is 0. The first-order chi connectivity index (χ1) is 10.1. The Hall–Kier alpha value is -2.69. The largest absolute Gasteiger partial charge is 0.488 e. The molecule has 108 valence electrons. The number of nitrogen functional groups attached to an aromatic ring is 1. The summed E-state index contributed by atoms with van der Waals surface area (Å²) in [6.07, 6.45) is 0.959. The Balaban J connectivity index is 1.63. The van der Waals surface area contributed by atoms with Gasteiger partial charge >= 0.3 is 0 Å². The molecular weight excluding hydrogens is 266 g/mol. The first kappa shape index (κ1) is 13.3. The first-order valence-electron chi connectivity index (χ1n) is 6.81. The molecule has 3 rings (SSSR count). The number of rotatable bonds is 4. The van der Waals surface area contributed by atoms with Gasteiger partial charge in [-0.05, 0) is 29.8 Å². The molecule has 1 aliphatic rings. The van der Waals surface area contributed by atoms with E-state index < -0.39 is 5.91 Å². The minimum Gasteiger partial charge on any atom is -0.488 e. The molecular formula is C16H17N3O2. The lowest BCUT2D eigenvalue weighted by molar-refractivity contribution is 0.100. The molecule has 0 saturated carbocycles. The lowest BCUT2D eigenvalue weighted by Crippen LogP contribution is -2.24. The van der Waals surface area contributed by atoms with Crippen LogP contribution < -0.4 is 21.5 Å². The zero-order valence-corrected chi connectivity index (χ0v) is 11.5. The molecule has 0 aliphatic carbocycles. The van der Waals surface area contributed by atoms with E-state index in [0.29, 0.717) is 17.8 Å². The Bertz CT molecular complexity index is 660. The summed E-state index contributed by atoms with van der Waals surface area (Å²) in [5.41, 5.74) is 14.0. The Morgan fingerprint density at radius 3 is 2.81 bits per heavy atom. The van der Waals surface area contributed by atoms with Gasteiger partial charge in [0.25, 0.3) is 0 Å². The number of fused-ring (bicyclic) bond motifs is 1. The van der Waals surface area contributed by atoms with E-state index >= 15 is 0 Å². The van der Waals surface area contributed by atoms with Crippen LogP contribution in [0.15, 0.2) is 42.5 Å². The predicted molar refractivity (Wildman–Crippen MR) is 82.4 cm³/mol. The Morgan fingerprint density at radius 1 is 1.29 bits per heavy atom. The number of nitrogens with two attached hydrogens (primary N) is 2. The van der Waals surface area contributed by atoms with Crippen molar-refractivity contribution in [3.8, 4) is 5.75 Å². The monoisotopic (exact) mass is 283 g/mol. The van der Waals surface area contributed by atoms with Crippen molar-refractivity contribution in [2.24, 2.45) is 5.73 Å². The van der Waals surface area contributed by atoms with Gasteiger partial charge in [-0.2, -0.15) is 0 Å². The van der Waals surface area contributed by atoms with E-state index in [-0.39, 0.29) is 6.10 Å². The number of carbonyl (C=O) groups excluding carboxylic acids is 1. The minimum absolute atomic E-state index is 0.0811. The summed E-state index contributed by atoms with van der Waals surface area (Å²) < 4.78 is 5.85. The van der Waals surface area contributed by atoms with E-state index in [9.17, 15) is 4.79 Å². The summed E-state index contributed by atoms with van der Waals surface area (Å²) in [5, 5.41) is 3.25. The van der Waals surface area contributed by atoms with E-state index in [4.69, 9.17) is 16.2 Å². The fraction of sp³-hybridized carbons (Fsp3) is 0.188. The third-order valence-corrected chi connectivity index (χ3v) is 3.57. The molecule has 0 spiro atoms. The van der Waals surface area contributed by atoms with Crippen LogP contribution in [0.5, 0.6) is 5.75 Å². The maximum absolute atomic E-state index is 11.1. The van der Waals surface area contributed by atoms with Crippen LogP contribution in [0.4, 0.5) is 11.4 Å². The van der Waals surface area contributed by atoms with Gasteiger partial charge in [0, 0.05) is 12.0 Å². The summed E-state index contributed by atoms with van der Waals surface area (Å²) in [6.45, 7) is 0.648. The topological polar surface area (TPSA) is 90.4 Å². The van der Waals surface area contributed by atoms with Gasteiger partial charge in [0.15, 0.2) is 0 Å². The van der Waals surface area contributed by atoms with Gasteiger partial charge in [-0.1, -0.05) is 18.2 Å². The molecule has 5 nitrogen and oxygen atoms in total. The van der Waals surface area contributed by atoms with Crippen molar-refractivity contribution in [1.82, 2.24) is 0 Å². The third kappa shape index (κ3) is 2.76. The van der Waals surface area contributed by atoms with E-state index in [1.807, 2.05) is 18.2 Å².